The predicted molar refractivity (Wildman–Crippen MR) is 175 cm³/mol. The molecule has 0 aromatic heterocycles. The number of hydrogen-bond acceptors (Lipinski definition) is 7. The molecule has 0 radical (unpaired) electrons. The number of rotatable bonds is 9. The van der Waals surface area contributed by atoms with Crippen molar-refractivity contribution in [2.45, 2.75) is 69.0 Å². The number of halogens is 2. The molecule has 2 aromatic rings. The van der Waals surface area contributed by atoms with Gasteiger partial charge >= 0.3 is 12.2 Å². The van der Waals surface area contributed by atoms with Crippen molar-refractivity contribution < 1.29 is 37.0 Å². The van der Waals surface area contributed by atoms with E-state index in [9.17, 15) is 27.9 Å². The molecule has 2 aromatic carbocycles. The number of piperidine rings is 1. The highest BCUT2D eigenvalue weighted by Crippen LogP contribution is 2.40. The maximum Gasteiger partial charge on any atom is 0.409 e. The molecular formula is C32H41ClFN5O7S. The van der Waals surface area contributed by atoms with Crippen LogP contribution in [-0.2, 0) is 31.4 Å². The number of fused-ring (bicyclic) bond motifs is 2. The van der Waals surface area contributed by atoms with Crippen LogP contribution < -0.4 is 16.0 Å². The number of carbonyl (C=O) groups excluding carboxylic acids is 2. The van der Waals surface area contributed by atoms with E-state index in [1.165, 1.54) is 21.3 Å². The van der Waals surface area contributed by atoms with Crippen molar-refractivity contribution in [3.8, 4) is 0 Å². The fourth-order valence-corrected chi connectivity index (χ4v) is 9.03. The molecule has 47 heavy (non-hydrogen) atoms. The van der Waals surface area contributed by atoms with Gasteiger partial charge in [-0.2, -0.15) is 4.31 Å². The number of benzene rings is 2. The Morgan fingerprint density at radius 1 is 1.17 bits per heavy atom. The maximum atomic E-state index is 15.4. The largest absolute Gasteiger partial charge is 0.465 e. The zero-order valence-electron chi connectivity index (χ0n) is 26.2. The minimum Gasteiger partial charge on any atom is -0.465 e. The van der Waals surface area contributed by atoms with E-state index in [1.807, 2.05) is 0 Å². The Kier molecular flexibility index (Phi) is 10.9. The normalized spacial score (nSPS) is 24.0. The van der Waals surface area contributed by atoms with E-state index < -0.39 is 45.4 Å². The number of ether oxygens (including phenoxy) is 1. The SMILES string of the molecule is CCOC(=O)N1CCC(c2ccc(Cl)cc2)([C@H](NC(=O)O)C(=O)Nc2cccc(F)c2CC[C@H]2CN[C@@H]3CCCS(=O)(=O)N2C3)CC1. The third kappa shape index (κ3) is 7.82. The highest BCUT2D eigenvalue weighted by atomic mass is 35.5. The molecule has 0 spiro atoms. The number of nitrogens with one attached hydrogen (secondary N) is 3. The van der Waals surface area contributed by atoms with Gasteiger partial charge in [-0.1, -0.05) is 29.8 Å². The van der Waals surface area contributed by atoms with E-state index >= 15 is 4.39 Å². The van der Waals surface area contributed by atoms with Crippen LogP contribution in [-0.4, -0.2) is 97.5 Å². The lowest BCUT2D eigenvalue weighted by atomic mass is 9.67. The van der Waals surface area contributed by atoms with Crippen LogP contribution in [0.2, 0.25) is 5.02 Å². The van der Waals surface area contributed by atoms with Crippen molar-refractivity contribution in [2.75, 3.05) is 43.9 Å². The van der Waals surface area contributed by atoms with Gasteiger partial charge in [0.2, 0.25) is 15.9 Å². The number of hydrogen-bond donors (Lipinski definition) is 4. The van der Waals surface area contributed by atoms with Gasteiger partial charge in [-0.05, 0) is 75.3 Å². The van der Waals surface area contributed by atoms with Crippen LogP contribution in [0.3, 0.4) is 0 Å². The van der Waals surface area contributed by atoms with Crippen LogP contribution in [0.15, 0.2) is 42.5 Å². The van der Waals surface area contributed by atoms with Crippen LogP contribution in [0, 0.1) is 5.82 Å². The lowest BCUT2D eigenvalue weighted by Crippen LogP contribution is -2.60. The van der Waals surface area contributed by atoms with E-state index in [4.69, 9.17) is 16.3 Å². The summed E-state index contributed by atoms with van der Waals surface area (Å²) >= 11 is 6.17. The van der Waals surface area contributed by atoms with Crippen molar-refractivity contribution in [3.05, 3.63) is 64.4 Å². The van der Waals surface area contributed by atoms with E-state index in [0.717, 1.165) is 6.42 Å². The Morgan fingerprint density at radius 2 is 1.89 bits per heavy atom. The zero-order chi connectivity index (χ0) is 33.8. The fourth-order valence-electron chi connectivity index (χ4n) is 7.10. The Hall–Kier alpha value is -3.46. The Morgan fingerprint density at radius 3 is 2.57 bits per heavy atom. The third-order valence-electron chi connectivity index (χ3n) is 9.55. The van der Waals surface area contributed by atoms with Gasteiger partial charge in [0, 0.05) is 60.0 Å². The molecule has 3 heterocycles. The van der Waals surface area contributed by atoms with Gasteiger partial charge < -0.3 is 30.7 Å². The molecule has 2 bridgehead atoms. The van der Waals surface area contributed by atoms with Gasteiger partial charge in [-0.25, -0.2) is 22.4 Å². The molecule has 0 aliphatic carbocycles. The summed E-state index contributed by atoms with van der Waals surface area (Å²) < 4.78 is 48.0. The van der Waals surface area contributed by atoms with Crippen molar-refractivity contribution in [1.29, 1.82) is 0 Å². The first-order valence-electron chi connectivity index (χ1n) is 15.9. The van der Waals surface area contributed by atoms with Crippen molar-refractivity contribution in [1.82, 2.24) is 19.8 Å². The van der Waals surface area contributed by atoms with E-state index in [0.29, 0.717) is 36.5 Å². The van der Waals surface area contributed by atoms with Gasteiger partial charge in [-0.3, -0.25) is 4.79 Å². The Bertz CT molecular complexity index is 1570. The number of piperazine rings is 1. The molecule has 256 valence electrons. The first kappa shape index (κ1) is 34.9. The van der Waals surface area contributed by atoms with Crippen LogP contribution in [0.1, 0.15) is 50.2 Å². The van der Waals surface area contributed by atoms with E-state index in [-0.39, 0.29) is 68.0 Å². The second kappa shape index (κ2) is 14.8. The number of amides is 3. The Balaban J connectivity index is 1.41. The molecule has 3 saturated heterocycles. The molecule has 12 nitrogen and oxygen atoms in total. The minimum absolute atomic E-state index is 0.0770. The highest BCUT2D eigenvalue weighted by Gasteiger charge is 2.48. The summed E-state index contributed by atoms with van der Waals surface area (Å²) in [6, 6.07) is 9.43. The molecule has 3 fully saturated rings. The molecule has 5 rings (SSSR count). The van der Waals surface area contributed by atoms with Crippen molar-refractivity contribution in [3.63, 3.8) is 0 Å². The minimum atomic E-state index is -3.44. The van der Waals surface area contributed by atoms with Gasteiger partial charge in [0.25, 0.3) is 0 Å². The van der Waals surface area contributed by atoms with Crippen molar-refractivity contribution in [2.24, 2.45) is 0 Å². The van der Waals surface area contributed by atoms with Crippen LogP contribution in [0.5, 0.6) is 0 Å². The third-order valence-corrected chi connectivity index (χ3v) is 11.8. The highest BCUT2D eigenvalue weighted by molar-refractivity contribution is 7.89. The first-order chi connectivity index (χ1) is 22.4. The summed E-state index contributed by atoms with van der Waals surface area (Å²) in [5.74, 6) is -1.19. The maximum absolute atomic E-state index is 15.4. The average Bonchev–Trinajstić information content (AvgIpc) is 3.15. The molecule has 3 amide bonds. The van der Waals surface area contributed by atoms with Gasteiger partial charge in [0.1, 0.15) is 11.9 Å². The molecule has 0 saturated carbocycles. The molecular weight excluding hydrogens is 653 g/mol. The Labute approximate surface area is 279 Å². The smallest absolute Gasteiger partial charge is 0.409 e. The summed E-state index contributed by atoms with van der Waals surface area (Å²) in [6.45, 7) is 3.12. The van der Waals surface area contributed by atoms with Crippen LogP contribution in [0.25, 0.3) is 0 Å². The fraction of sp³-hybridized carbons (Fsp3) is 0.531. The summed E-state index contributed by atoms with van der Waals surface area (Å²) in [4.78, 5) is 40.3. The number of carboxylic acid groups (broad SMARTS) is 1. The summed E-state index contributed by atoms with van der Waals surface area (Å²) in [7, 11) is -3.44. The molecule has 4 N–H and O–H groups in total. The lowest BCUT2D eigenvalue weighted by Gasteiger charge is -2.45. The van der Waals surface area contributed by atoms with Crippen molar-refractivity contribution >= 4 is 45.4 Å². The second-order valence-corrected chi connectivity index (χ2v) is 14.8. The molecule has 3 aliphatic heterocycles. The summed E-state index contributed by atoms with van der Waals surface area (Å²) in [5.41, 5.74) is -0.0696. The van der Waals surface area contributed by atoms with Gasteiger partial charge in [0.15, 0.2) is 0 Å². The number of likely N-dealkylation sites (tertiary alicyclic amines) is 1. The number of anilines is 1. The molecule has 4 atom stereocenters. The lowest BCUT2D eigenvalue weighted by molar-refractivity contribution is -0.120. The number of nitrogens with zero attached hydrogens (tertiary/aromatic N) is 2. The van der Waals surface area contributed by atoms with Crippen LogP contribution >= 0.6 is 11.6 Å². The topological polar surface area (TPSA) is 157 Å². The molecule has 3 aliphatic rings. The quantitative estimate of drug-likeness (QED) is 0.308. The summed E-state index contributed by atoms with van der Waals surface area (Å²) in [6.07, 6.45) is 0.339. The monoisotopic (exact) mass is 693 g/mol. The predicted octanol–water partition coefficient (Wildman–Crippen LogP) is 3.94. The standard InChI is InChI=1S/C32H41ClFN5O7S/c1-2-46-31(43)38-16-14-32(15-17-38,21-8-10-22(33)11-9-21)28(37-30(41)42)29(40)36-27-7-3-6-26(34)25(27)13-12-24-19-35-23-5-4-18-47(44,45)39(24)20-23/h3,6-11,23-24,28,35,37H,2,4-5,12-20H2,1H3,(H,36,40)(H,41,42)/t23-,24+,28-/m1/s1. The molecule has 15 heteroatoms. The first-order valence-corrected chi connectivity index (χ1v) is 17.9. The van der Waals surface area contributed by atoms with Gasteiger partial charge in [-0.15, -0.1) is 0 Å². The van der Waals surface area contributed by atoms with E-state index in [2.05, 4.69) is 16.0 Å². The average molecular weight is 694 g/mol. The summed E-state index contributed by atoms with van der Waals surface area (Å²) in [5, 5.41) is 19.0. The van der Waals surface area contributed by atoms with Gasteiger partial charge in [0.05, 0.1) is 12.4 Å². The molecule has 1 unspecified atom stereocenters. The van der Waals surface area contributed by atoms with E-state index in [1.54, 1.807) is 37.3 Å². The number of carbonyl (C=O) groups is 3. The second-order valence-electron chi connectivity index (χ2n) is 12.3. The zero-order valence-corrected chi connectivity index (χ0v) is 27.8. The number of sulfonamides is 1. The van der Waals surface area contributed by atoms with Crippen LogP contribution in [0.4, 0.5) is 19.7 Å².